The van der Waals surface area contributed by atoms with Crippen molar-refractivity contribution < 1.29 is 9.47 Å². The molecule has 0 unspecified atom stereocenters. The zero-order chi connectivity index (χ0) is 22.2. The molecule has 0 saturated carbocycles. The molecular formula is C24H29N3O3S. The molecule has 164 valence electrons. The van der Waals surface area contributed by atoms with E-state index < -0.39 is 0 Å². The lowest BCUT2D eigenvalue weighted by Crippen LogP contribution is -2.40. The number of unbranched alkanes of at least 4 members (excludes halogenated alkanes) is 1. The van der Waals surface area contributed by atoms with E-state index in [0.717, 1.165) is 41.6 Å². The predicted octanol–water partition coefficient (Wildman–Crippen LogP) is 4.22. The lowest BCUT2D eigenvalue weighted by atomic mass is 10.1. The molecule has 0 atom stereocenters. The molecule has 0 bridgehead atoms. The van der Waals surface area contributed by atoms with Gasteiger partial charge in [-0.25, -0.2) is 0 Å². The first-order chi connectivity index (χ1) is 15.0. The van der Waals surface area contributed by atoms with Crippen LogP contribution in [0, 0.1) is 0 Å². The van der Waals surface area contributed by atoms with Crippen LogP contribution in [0.2, 0.25) is 0 Å². The predicted molar refractivity (Wildman–Crippen MR) is 129 cm³/mol. The number of H-pyrrole nitrogens is 1. The van der Waals surface area contributed by atoms with Crippen molar-refractivity contribution >= 4 is 28.2 Å². The van der Waals surface area contributed by atoms with Crippen molar-refractivity contribution in [2.75, 3.05) is 20.8 Å². The number of ether oxygens (including phenoxy) is 2. The van der Waals surface area contributed by atoms with Crippen LogP contribution in [0.3, 0.4) is 0 Å². The summed E-state index contributed by atoms with van der Waals surface area (Å²) in [5.74, 6) is 1.51. The number of pyridine rings is 1. The third kappa shape index (κ3) is 5.98. The average Bonchev–Trinajstić information content (AvgIpc) is 2.79. The number of thiocarbonyl (C=S) groups is 1. The fourth-order valence-corrected chi connectivity index (χ4v) is 3.54. The summed E-state index contributed by atoms with van der Waals surface area (Å²) in [5, 5.41) is 4.91. The minimum absolute atomic E-state index is 0.128. The van der Waals surface area contributed by atoms with E-state index in [2.05, 4.69) is 17.2 Å². The molecule has 0 aliphatic rings. The van der Waals surface area contributed by atoms with E-state index in [0.29, 0.717) is 29.5 Å². The topological polar surface area (TPSA) is 66.6 Å². The monoisotopic (exact) mass is 439 g/mol. The molecule has 0 fully saturated rings. The lowest BCUT2D eigenvalue weighted by molar-refractivity contribution is 0.395. The first kappa shape index (κ1) is 22.6. The fraction of sp³-hybridized carbons (Fsp3) is 0.333. The number of aromatic nitrogens is 1. The van der Waals surface area contributed by atoms with Gasteiger partial charge >= 0.3 is 0 Å². The lowest BCUT2D eigenvalue weighted by Gasteiger charge is -2.26. The van der Waals surface area contributed by atoms with Gasteiger partial charge in [0.05, 0.1) is 26.3 Å². The van der Waals surface area contributed by atoms with Gasteiger partial charge in [-0.05, 0) is 59.9 Å². The summed E-state index contributed by atoms with van der Waals surface area (Å²) in [6.45, 7) is 3.94. The highest BCUT2D eigenvalue weighted by atomic mass is 32.1. The van der Waals surface area contributed by atoms with Crippen molar-refractivity contribution in [2.24, 2.45) is 0 Å². The molecule has 0 aliphatic carbocycles. The minimum atomic E-state index is -0.128. The van der Waals surface area contributed by atoms with Crippen LogP contribution in [0.25, 0.3) is 10.9 Å². The second-order valence-electron chi connectivity index (χ2n) is 7.37. The average molecular weight is 440 g/mol. The maximum absolute atomic E-state index is 12.8. The summed E-state index contributed by atoms with van der Waals surface area (Å²) in [4.78, 5) is 17.8. The van der Waals surface area contributed by atoms with Crippen molar-refractivity contribution in [3.05, 3.63) is 70.0 Å². The number of methoxy groups -OCH3 is 2. The number of rotatable bonds is 9. The Balaban J connectivity index is 1.86. The zero-order valence-corrected chi connectivity index (χ0v) is 19.1. The largest absolute Gasteiger partial charge is 0.497 e. The molecule has 1 heterocycles. The normalized spacial score (nSPS) is 10.7. The molecule has 3 aromatic rings. The van der Waals surface area contributed by atoms with E-state index in [1.54, 1.807) is 14.2 Å². The first-order valence-electron chi connectivity index (χ1n) is 10.4. The Morgan fingerprint density at radius 3 is 2.42 bits per heavy atom. The molecule has 6 nitrogen and oxygen atoms in total. The Labute approximate surface area is 188 Å². The van der Waals surface area contributed by atoms with Gasteiger partial charge < -0.3 is 24.7 Å². The smallest absolute Gasteiger partial charge is 0.253 e. The zero-order valence-electron chi connectivity index (χ0n) is 18.2. The molecular weight excluding hydrogens is 410 g/mol. The van der Waals surface area contributed by atoms with Crippen molar-refractivity contribution in [1.82, 2.24) is 15.2 Å². The quantitative estimate of drug-likeness (QED) is 0.384. The molecule has 3 rings (SSSR count). The number of fused-ring (bicyclic) bond motifs is 1. The summed E-state index contributed by atoms with van der Waals surface area (Å²) >= 11 is 5.67. The van der Waals surface area contributed by atoms with Gasteiger partial charge in [-0.15, -0.1) is 0 Å². The standard InChI is InChI=1S/C24H29N3O3S/c1-4-5-12-25-24(31)27(15-17-6-9-20(29-2)10-7-17)16-19-13-18-8-11-21(30-3)14-22(18)26-23(19)28/h6-11,13-14H,4-5,12,15-16H2,1-3H3,(H,25,31)(H,26,28). The number of nitrogens with one attached hydrogen (secondary N) is 2. The maximum atomic E-state index is 12.8. The van der Waals surface area contributed by atoms with Crippen LogP contribution in [-0.4, -0.2) is 35.8 Å². The van der Waals surface area contributed by atoms with Crippen LogP contribution < -0.4 is 20.3 Å². The van der Waals surface area contributed by atoms with Crippen molar-refractivity contribution in [3.63, 3.8) is 0 Å². The van der Waals surface area contributed by atoms with Gasteiger partial charge in [0.25, 0.3) is 5.56 Å². The number of nitrogens with zero attached hydrogens (tertiary/aromatic N) is 1. The Morgan fingerprint density at radius 1 is 1.03 bits per heavy atom. The molecule has 7 heteroatoms. The molecule has 0 aliphatic heterocycles. The third-order valence-electron chi connectivity index (χ3n) is 5.12. The van der Waals surface area contributed by atoms with Gasteiger partial charge in [-0.1, -0.05) is 25.5 Å². The van der Waals surface area contributed by atoms with Crippen molar-refractivity contribution in [1.29, 1.82) is 0 Å². The summed E-state index contributed by atoms with van der Waals surface area (Å²) < 4.78 is 10.5. The number of hydrogen-bond donors (Lipinski definition) is 2. The molecule has 0 spiro atoms. The number of benzene rings is 2. The van der Waals surface area contributed by atoms with E-state index in [1.165, 1.54) is 0 Å². The molecule has 31 heavy (non-hydrogen) atoms. The van der Waals surface area contributed by atoms with Gasteiger partial charge in [0.2, 0.25) is 0 Å². The Bertz CT molecular complexity index is 1080. The SMILES string of the molecule is CCCCNC(=S)N(Cc1ccc(OC)cc1)Cc1cc2ccc(OC)cc2[nH]c1=O. The summed E-state index contributed by atoms with van der Waals surface area (Å²) in [6, 6.07) is 15.5. The van der Waals surface area contributed by atoms with Crippen molar-refractivity contribution in [2.45, 2.75) is 32.9 Å². The molecule has 2 N–H and O–H groups in total. The number of hydrogen-bond acceptors (Lipinski definition) is 4. The van der Waals surface area contributed by atoms with Crippen LogP contribution in [0.1, 0.15) is 30.9 Å². The van der Waals surface area contributed by atoms with Crippen LogP contribution >= 0.6 is 12.2 Å². The van der Waals surface area contributed by atoms with Gasteiger partial charge in [-0.2, -0.15) is 0 Å². The van der Waals surface area contributed by atoms with E-state index in [1.807, 2.05) is 53.4 Å². The van der Waals surface area contributed by atoms with Crippen molar-refractivity contribution in [3.8, 4) is 11.5 Å². The summed E-state index contributed by atoms with van der Waals surface area (Å²) in [5.41, 5.74) is 2.36. The first-order valence-corrected chi connectivity index (χ1v) is 10.8. The Morgan fingerprint density at radius 2 is 1.74 bits per heavy atom. The highest BCUT2D eigenvalue weighted by molar-refractivity contribution is 7.80. The highest BCUT2D eigenvalue weighted by Gasteiger charge is 2.14. The molecule has 1 aromatic heterocycles. The summed E-state index contributed by atoms with van der Waals surface area (Å²) in [7, 11) is 3.26. The van der Waals surface area contributed by atoms with Gasteiger partial charge in [-0.3, -0.25) is 4.79 Å². The molecule has 2 aromatic carbocycles. The van der Waals surface area contributed by atoms with Gasteiger partial charge in [0.1, 0.15) is 11.5 Å². The molecule has 0 saturated heterocycles. The highest BCUT2D eigenvalue weighted by Crippen LogP contribution is 2.20. The second-order valence-corrected chi connectivity index (χ2v) is 7.75. The van der Waals surface area contributed by atoms with E-state index in [4.69, 9.17) is 21.7 Å². The van der Waals surface area contributed by atoms with Crippen LogP contribution in [0.5, 0.6) is 11.5 Å². The maximum Gasteiger partial charge on any atom is 0.253 e. The Hall–Kier alpha value is -3.06. The van der Waals surface area contributed by atoms with E-state index in [9.17, 15) is 4.79 Å². The third-order valence-corrected chi connectivity index (χ3v) is 5.52. The van der Waals surface area contributed by atoms with Crippen LogP contribution in [0.4, 0.5) is 0 Å². The fourth-order valence-electron chi connectivity index (χ4n) is 3.31. The second kappa shape index (κ2) is 10.8. The van der Waals surface area contributed by atoms with E-state index >= 15 is 0 Å². The molecule has 0 amide bonds. The number of aromatic amines is 1. The van der Waals surface area contributed by atoms with Crippen LogP contribution in [-0.2, 0) is 13.1 Å². The van der Waals surface area contributed by atoms with Gasteiger partial charge in [0.15, 0.2) is 5.11 Å². The minimum Gasteiger partial charge on any atom is -0.497 e. The van der Waals surface area contributed by atoms with E-state index in [-0.39, 0.29) is 5.56 Å². The van der Waals surface area contributed by atoms with Gasteiger partial charge in [0, 0.05) is 24.7 Å². The summed E-state index contributed by atoms with van der Waals surface area (Å²) in [6.07, 6.45) is 2.12. The Kier molecular flexibility index (Phi) is 7.89. The van der Waals surface area contributed by atoms with Crippen LogP contribution in [0.15, 0.2) is 53.3 Å². The molecule has 0 radical (unpaired) electrons.